The zero-order valence-electron chi connectivity index (χ0n) is 9.06. The Bertz CT molecular complexity index is 302. The van der Waals surface area contributed by atoms with Gasteiger partial charge in [0.2, 0.25) is 5.79 Å². The minimum Gasteiger partial charge on any atom is -0.366 e. The van der Waals surface area contributed by atoms with Crippen LogP contribution in [0.5, 0.6) is 0 Å². The second-order valence-electron chi connectivity index (χ2n) is 4.83. The van der Waals surface area contributed by atoms with Gasteiger partial charge < -0.3 is 18.9 Å². The van der Waals surface area contributed by atoms with Gasteiger partial charge in [-0.05, 0) is 13.8 Å². The SMILES string of the molecule is CCOC1(OCC)C2C3CC1(O3)C1OC12. The maximum absolute atomic E-state index is 5.94. The van der Waals surface area contributed by atoms with Crippen molar-refractivity contribution in [2.24, 2.45) is 5.92 Å². The van der Waals surface area contributed by atoms with Gasteiger partial charge in [-0.25, -0.2) is 0 Å². The highest BCUT2D eigenvalue weighted by atomic mass is 16.8. The number of hydrogen-bond donors (Lipinski definition) is 0. The van der Waals surface area contributed by atoms with Crippen LogP contribution in [0.4, 0.5) is 0 Å². The predicted octanol–water partition coefficient (Wildman–Crippen LogP) is 0.694. The lowest BCUT2D eigenvalue weighted by Gasteiger charge is -2.44. The minimum atomic E-state index is -0.491. The normalized spacial score (nSPS) is 56.4. The van der Waals surface area contributed by atoms with Crippen LogP contribution in [0.3, 0.4) is 0 Å². The summed E-state index contributed by atoms with van der Waals surface area (Å²) in [6.45, 7) is 5.37. The zero-order chi connectivity index (χ0) is 10.3. The summed E-state index contributed by atoms with van der Waals surface area (Å²) in [5.74, 6) is -0.184. The topological polar surface area (TPSA) is 40.2 Å². The van der Waals surface area contributed by atoms with Gasteiger partial charge in [-0.3, -0.25) is 0 Å². The van der Waals surface area contributed by atoms with E-state index in [4.69, 9.17) is 18.9 Å². The molecule has 3 aliphatic heterocycles. The first-order chi connectivity index (χ1) is 7.29. The summed E-state index contributed by atoms with van der Waals surface area (Å²) in [5, 5.41) is 0. The number of ether oxygens (including phenoxy) is 4. The Balaban J connectivity index is 1.76. The fourth-order valence-corrected chi connectivity index (χ4v) is 4.00. The van der Waals surface area contributed by atoms with Crippen molar-refractivity contribution >= 4 is 0 Å². The molecular weight excluding hydrogens is 196 g/mol. The van der Waals surface area contributed by atoms with Crippen molar-refractivity contribution in [3.8, 4) is 0 Å². The summed E-state index contributed by atoms with van der Waals surface area (Å²) < 4.78 is 23.5. The third kappa shape index (κ3) is 0.695. The quantitative estimate of drug-likeness (QED) is 0.508. The van der Waals surface area contributed by atoms with E-state index < -0.39 is 5.79 Å². The Morgan fingerprint density at radius 3 is 2.40 bits per heavy atom. The van der Waals surface area contributed by atoms with Crippen LogP contribution in [0.2, 0.25) is 0 Å². The molecule has 3 heterocycles. The Kier molecular flexibility index (Phi) is 1.43. The Morgan fingerprint density at radius 2 is 1.93 bits per heavy atom. The molecule has 3 bridgehead atoms. The first-order valence-electron chi connectivity index (χ1n) is 5.90. The van der Waals surface area contributed by atoms with Gasteiger partial charge in [-0.1, -0.05) is 0 Å². The average Bonchev–Trinajstić information content (AvgIpc) is 2.82. The second kappa shape index (κ2) is 2.40. The van der Waals surface area contributed by atoms with Crippen LogP contribution in [-0.2, 0) is 18.9 Å². The summed E-state index contributed by atoms with van der Waals surface area (Å²) in [4.78, 5) is 0. The van der Waals surface area contributed by atoms with Crippen molar-refractivity contribution in [2.75, 3.05) is 13.2 Å². The van der Waals surface area contributed by atoms with Crippen LogP contribution in [0.15, 0.2) is 0 Å². The third-order valence-electron chi connectivity index (χ3n) is 4.35. The van der Waals surface area contributed by atoms with Gasteiger partial charge >= 0.3 is 0 Å². The molecule has 0 radical (unpaired) electrons. The molecule has 2 aliphatic carbocycles. The summed E-state index contributed by atoms with van der Waals surface area (Å²) >= 11 is 0. The highest BCUT2D eigenvalue weighted by molar-refractivity contribution is 5.36. The van der Waals surface area contributed by atoms with Crippen molar-refractivity contribution in [2.45, 2.75) is 50.0 Å². The summed E-state index contributed by atoms with van der Waals surface area (Å²) in [5.41, 5.74) is -0.265. The molecule has 0 aromatic carbocycles. The fourth-order valence-electron chi connectivity index (χ4n) is 4.00. The first-order valence-corrected chi connectivity index (χ1v) is 5.90. The van der Waals surface area contributed by atoms with Crippen molar-refractivity contribution in [3.63, 3.8) is 0 Å². The van der Waals surface area contributed by atoms with Gasteiger partial charge in [-0.15, -0.1) is 0 Å². The van der Waals surface area contributed by atoms with Gasteiger partial charge in [-0.2, -0.15) is 0 Å². The lowest BCUT2D eigenvalue weighted by Crippen LogP contribution is -2.59. The number of epoxide rings is 1. The predicted molar refractivity (Wildman–Crippen MR) is 50.4 cm³/mol. The molecule has 5 fully saturated rings. The molecule has 0 amide bonds. The largest absolute Gasteiger partial charge is 0.366 e. The van der Waals surface area contributed by atoms with Gasteiger partial charge in [0, 0.05) is 19.6 Å². The molecule has 2 saturated carbocycles. The second-order valence-corrected chi connectivity index (χ2v) is 4.83. The van der Waals surface area contributed by atoms with Gasteiger partial charge in [0.1, 0.15) is 6.10 Å². The van der Waals surface area contributed by atoms with Gasteiger partial charge in [0.25, 0.3) is 0 Å². The van der Waals surface area contributed by atoms with Crippen LogP contribution in [0.25, 0.3) is 0 Å². The lowest BCUT2D eigenvalue weighted by molar-refractivity contribution is -0.320. The van der Waals surface area contributed by atoms with E-state index in [0.717, 1.165) is 6.42 Å². The average molecular weight is 212 g/mol. The van der Waals surface area contributed by atoms with Crippen molar-refractivity contribution < 1.29 is 18.9 Å². The molecule has 5 atom stereocenters. The van der Waals surface area contributed by atoms with Crippen LogP contribution in [-0.4, -0.2) is 42.9 Å². The molecule has 4 nitrogen and oxygen atoms in total. The molecule has 5 aliphatic rings. The van der Waals surface area contributed by atoms with E-state index in [1.807, 2.05) is 13.8 Å². The Morgan fingerprint density at radius 1 is 1.27 bits per heavy atom. The molecule has 5 unspecified atom stereocenters. The number of hydrogen-bond acceptors (Lipinski definition) is 4. The van der Waals surface area contributed by atoms with Crippen LogP contribution in [0, 0.1) is 5.92 Å². The van der Waals surface area contributed by atoms with Crippen molar-refractivity contribution in [3.05, 3.63) is 0 Å². The van der Waals surface area contributed by atoms with Crippen LogP contribution >= 0.6 is 0 Å². The van der Waals surface area contributed by atoms with Crippen LogP contribution < -0.4 is 0 Å². The molecule has 4 heteroatoms. The maximum Gasteiger partial charge on any atom is 0.208 e. The van der Waals surface area contributed by atoms with E-state index in [9.17, 15) is 0 Å². The maximum atomic E-state index is 5.94. The molecule has 0 N–H and O–H groups in total. The highest BCUT2D eigenvalue weighted by Crippen LogP contribution is 2.74. The van der Waals surface area contributed by atoms with E-state index in [2.05, 4.69) is 0 Å². The smallest absolute Gasteiger partial charge is 0.208 e. The van der Waals surface area contributed by atoms with E-state index >= 15 is 0 Å². The molecule has 3 saturated heterocycles. The Labute approximate surface area is 88.8 Å². The van der Waals surface area contributed by atoms with Crippen LogP contribution in [0.1, 0.15) is 20.3 Å². The highest BCUT2D eigenvalue weighted by Gasteiger charge is 2.92. The van der Waals surface area contributed by atoms with Gasteiger partial charge in [0.15, 0.2) is 5.60 Å². The van der Waals surface area contributed by atoms with E-state index in [0.29, 0.717) is 31.3 Å². The zero-order valence-corrected chi connectivity index (χ0v) is 9.06. The molecule has 15 heavy (non-hydrogen) atoms. The van der Waals surface area contributed by atoms with E-state index in [-0.39, 0.29) is 11.7 Å². The van der Waals surface area contributed by atoms with E-state index in [1.165, 1.54) is 0 Å². The molecule has 0 aromatic rings. The number of fused-ring (bicyclic) bond motifs is 1. The number of rotatable bonds is 4. The van der Waals surface area contributed by atoms with Crippen molar-refractivity contribution in [1.82, 2.24) is 0 Å². The monoisotopic (exact) mass is 212 g/mol. The summed E-state index contributed by atoms with van der Waals surface area (Å²) in [6.07, 6.45) is 1.95. The standard InChI is InChI=1S/C11H16O4/c1-3-12-11(13-4-2)7-6-5-10(11,15-6)9-8(7)14-9/h6-9H,3-5H2,1-2H3. The Hall–Kier alpha value is -0.160. The van der Waals surface area contributed by atoms with Gasteiger partial charge in [0.05, 0.1) is 18.1 Å². The summed E-state index contributed by atoms with van der Waals surface area (Å²) in [6, 6.07) is 0. The first kappa shape index (κ1) is 8.93. The molecular formula is C11H16O4. The summed E-state index contributed by atoms with van der Waals surface area (Å²) in [7, 11) is 0. The third-order valence-corrected chi connectivity index (χ3v) is 4.35. The fraction of sp³-hybridized carbons (Fsp3) is 1.00. The minimum absolute atomic E-state index is 0.241. The molecule has 0 aromatic heterocycles. The lowest BCUT2D eigenvalue weighted by atomic mass is 9.88. The molecule has 1 spiro atoms. The molecule has 84 valence electrons. The van der Waals surface area contributed by atoms with E-state index in [1.54, 1.807) is 0 Å². The molecule has 5 rings (SSSR count). The van der Waals surface area contributed by atoms with Crippen molar-refractivity contribution in [1.29, 1.82) is 0 Å².